The van der Waals surface area contributed by atoms with Crippen LogP contribution in [0.15, 0.2) is 78.9 Å². The molecule has 1 aliphatic heterocycles. The minimum absolute atomic E-state index is 0.0674. The zero-order valence-electron chi connectivity index (χ0n) is 19.1. The van der Waals surface area contributed by atoms with Gasteiger partial charge in [0.1, 0.15) is 5.75 Å². The van der Waals surface area contributed by atoms with Crippen LogP contribution < -0.4 is 15.0 Å². The van der Waals surface area contributed by atoms with Crippen molar-refractivity contribution < 1.29 is 9.53 Å². The average molecular weight is 454 g/mol. The SMILES string of the molecule is CN1CCN(c2ccc(-c3cccc(NC(=O)COc4ccc5ccccc5c4)c3)nn2)CC1. The molecular weight excluding hydrogens is 426 g/mol. The maximum absolute atomic E-state index is 12.5. The quantitative estimate of drug-likeness (QED) is 0.475. The van der Waals surface area contributed by atoms with Crippen LogP contribution in [-0.2, 0) is 4.79 Å². The van der Waals surface area contributed by atoms with Crippen LogP contribution in [0.3, 0.4) is 0 Å². The standard InChI is InChI=1S/C27H27N5O2/c1-31-13-15-32(16-14-31)26-12-11-25(29-30-26)22-7-4-8-23(17-22)28-27(33)19-34-24-10-9-20-5-2-3-6-21(20)18-24/h2-12,17-18H,13-16,19H2,1H3,(H,28,33). The van der Waals surface area contributed by atoms with E-state index >= 15 is 0 Å². The van der Waals surface area contributed by atoms with Gasteiger partial charge in [-0.05, 0) is 54.2 Å². The molecule has 0 spiro atoms. The van der Waals surface area contributed by atoms with Crippen molar-refractivity contribution in [2.45, 2.75) is 0 Å². The molecule has 34 heavy (non-hydrogen) atoms. The molecule has 1 fully saturated rings. The largest absolute Gasteiger partial charge is 0.484 e. The van der Waals surface area contributed by atoms with Gasteiger partial charge in [0.05, 0.1) is 5.69 Å². The van der Waals surface area contributed by atoms with Gasteiger partial charge in [0.15, 0.2) is 12.4 Å². The summed E-state index contributed by atoms with van der Waals surface area (Å²) in [5.74, 6) is 1.34. The van der Waals surface area contributed by atoms with Crippen molar-refractivity contribution in [1.29, 1.82) is 0 Å². The molecule has 4 aromatic rings. The van der Waals surface area contributed by atoms with Crippen LogP contribution in [0.4, 0.5) is 11.5 Å². The molecule has 0 unspecified atom stereocenters. The molecule has 3 aromatic carbocycles. The Morgan fingerprint density at radius 2 is 1.71 bits per heavy atom. The first-order valence-corrected chi connectivity index (χ1v) is 11.4. The summed E-state index contributed by atoms with van der Waals surface area (Å²) in [4.78, 5) is 17.0. The molecule has 0 aliphatic carbocycles. The van der Waals surface area contributed by atoms with Crippen LogP contribution in [0.25, 0.3) is 22.0 Å². The Hall–Kier alpha value is -3.97. The van der Waals surface area contributed by atoms with Gasteiger partial charge in [0.2, 0.25) is 0 Å². The Labute approximate surface area is 199 Å². The molecule has 1 amide bonds. The van der Waals surface area contributed by atoms with E-state index in [0.29, 0.717) is 11.4 Å². The zero-order valence-corrected chi connectivity index (χ0v) is 19.1. The van der Waals surface area contributed by atoms with Crippen LogP contribution in [-0.4, -0.2) is 60.8 Å². The van der Waals surface area contributed by atoms with Gasteiger partial charge in [-0.3, -0.25) is 4.79 Å². The highest BCUT2D eigenvalue weighted by molar-refractivity contribution is 5.92. The van der Waals surface area contributed by atoms with Crippen molar-refractivity contribution in [2.24, 2.45) is 0 Å². The van der Waals surface area contributed by atoms with Crippen LogP contribution in [0.1, 0.15) is 0 Å². The molecule has 5 rings (SSSR count). The number of hydrogen-bond acceptors (Lipinski definition) is 6. The number of aromatic nitrogens is 2. The number of amides is 1. The van der Waals surface area contributed by atoms with E-state index < -0.39 is 0 Å². The minimum atomic E-state index is -0.221. The van der Waals surface area contributed by atoms with Crippen LogP contribution in [0.5, 0.6) is 5.75 Å². The predicted octanol–water partition coefficient (Wildman–Crippen LogP) is 4.07. The minimum Gasteiger partial charge on any atom is -0.484 e. The van der Waals surface area contributed by atoms with Gasteiger partial charge < -0.3 is 19.9 Å². The van der Waals surface area contributed by atoms with Gasteiger partial charge in [-0.2, -0.15) is 0 Å². The Morgan fingerprint density at radius 3 is 2.50 bits per heavy atom. The monoisotopic (exact) mass is 453 g/mol. The van der Waals surface area contributed by atoms with Crippen molar-refractivity contribution in [3.05, 3.63) is 78.9 Å². The number of nitrogens with one attached hydrogen (secondary N) is 1. The Kier molecular flexibility index (Phi) is 6.35. The highest BCUT2D eigenvalue weighted by atomic mass is 16.5. The average Bonchev–Trinajstić information content (AvgIpc) is 2.88. The second-order valence-corrected chi connectivity index (χ2v) is 8.49. The lowest BCUT2D eigenvalue weighted by atomic mass is 10.1. The molecule has 1 N–H and O–H groups in total. The van der Waals surface area contributed by atoms with Gasteiger partial charge in [0.25, 0.3) is 5.91 Å². The normalized spacial score (nSPS) is 14.2. The Balaban J connectivity index is 1.20. The van der Waals surface area contributed by atoms with Crippen molar-refractivity contribution in [3.8, 4) is 17.0 Å². The molecule has 1 aliphatic rings. The van der Waals surface area contributed by atoms with E-state index in [0.717, 1.165) is 54.0 Å². The maximum atomic E-state index is 12.5. The molecule has 1 aromatic heterocycles. The first kappa shape index (κ1) is 21.9. The third-order valence-electron chi connectivity index (χ3n) is 6.01. The number of ether oxygens (including phenoxy) is 1. The Morgan fingerprint density at radius 1 is 0.882 bits per heavy atom. The van der Waals surface area contributed by atoms with Gasteiger partial charge in [0, 0.05) is 37.4 Å². The van der Waals surface area contributed by atoms with E-state index in [4.69, 9.17) is 4.74 Å². The summed E-state index contributed by atoms with van der Waals surface area (Å²) in [6.07, 6.45) is 0. The number of fused-ring (bicyclic) bond motifs is 1. The molecule has 0 radical (unpaired) electrons. The molecule has 0 saturated carbocycles. The van der Waals surface area contributed by atoms with Crippen LogP contribution >= 0.6 is 0 Å². The van der Waals surface area contributed by atoms with E-state index in [1.165, 1.54) is 0 Å². The molecule has 0 bridgehead atoms. The van der Waals surface area contributed by atoms with E-state index in [1.54, 1.807) is 0 Å². The lowest BCUT2D eigenvalue weighted by Crippen LogP contribution is -2.44. The van der Waals surface area contributed by atoms with Crippen LogP contribution in [0.2, 0.25) is 0 Å². The van der Waals surface area contributed by atoms with E-state index in [9.17, 15) is 4.79 Å². The molecule has 172 valence electrons. The summed E-state index contributed by atoms with van der Waals surface area (Å²) in [6.45, 7) is 3.88. The predicted molar refractivity (Wildman–Crippen MR) is 135 cm³/mol. The molecule has 7 heteroatoms. The fourth-order valence-electron chi connectivity index (χ4n) is 4.04. The summed E-state index contributed by atoms with van der Waals surface area (Å²) in [5, 5.41) is 14.0. The molecular formula is C27H27N5O2. The fraction of sp³-hybridized carbons (Fsp3) is 0.222. The number of piperazine rings is 1. The molecule has 0 atom stereocenters. The molecule has 7 nitrogen and oxygen atoms in total. The topological polar surface area (TPSA) is 70.6 Å². The number of rotatable bonds is 6. The summed E-state index contributed by atoms with van der Waals surface area (Å²) in [5.41, 5.74) is 2.35. The summed E-state index contributed by atoms with van der Waals surface area (Å²) in [6, 6.07) is 25.4. The highest BCUT2D eigenvalue weighted by Crippen LogP contribution is 2.23. The summed E-state index contributed by atoms with van der Waals surface area (Å²) in [7, 11) is 2.13. The van der Waals surface area contributed by atoms with Gasteiger partial charge in [-0.25, -0.2) is 0 Å². The first-order chi connectivity index (χ1) is 16.6. The second kappa shape index (κ2) is 9.89. The summed E-state index contributed by atoms with van der Waals surface area (Å²) >= 11 is 0. The van der Waals surface area contributed by atoms with Crippen molar-refractivity contribution in [2.75, 3.05) is 50.1 Å². The van der Waals surface area contributed by atoms with E-state index in [2.05, 4.69) is 32.4 Å². The Bertz CT molecular complexity index is 1280. The van der Waals surface area contributed by atoms with Gasteiger partial charge >= 0.3 is 0 Å². The number of anilines is 2. The number of benzene rings is 3. The number of carbonyl (C=O) groups is 1. The third kappa shape index (κ3) is 5.15. The van der Waals surface area contributed by atoms with Gasteiger partial charge in [-0.15, -0.1) is 10.2 Å². The van der Waals surface area contributed by atoms with E-state index in [1.807, 2.05) is 78.9 Å². The molecule has 2 heterocycles. The van der Waals surface area contributed by atoms with Crippen molar-refractivity contribution in [1.82, 2.24) is 15.1 Å². The van der Waals surface area contributed by atoms with E-state index in [-0.39, 0.29) is 12.5 Å². The second-order valence-electron chi connectivity index (χ2n) is 8.49. The highest BCUT2D eigenvalue weighted by Gasteiger charge is 2.16. The van der Waals surface area contributed by atoms with Crippen molar-refractivity contribution in [3.63, 3.8) is 0 Å². The van der Waals surface area contributed by atoms with Crippen molar-refractivity contribution >= 4 is 28.2 Å². The third-order valence-corrected chi connectivity index (χ3v) is 6.01. The lowest BCUT2D eigenvalue weighted by Gasteiger charge is -2.32. The fourth-order valence-corrected chi connectivity index (χ4v) is 4.04. The first-order valence-electron chi connectivity index (χ1n) is 11.4. The van der Waals surface area contributed by atoms with Crippen LogP contribution in [0, 0.1) is 0 Å². The lowest BCUT2D eigenvalue weighted by molar-refractivity contribution is -0.118. The maximum Gasteiger partial charge on any atom is 0.262 e. The number of hydrogen-bond donors (Lipinski definition) is 1. The molecule has 1 saturated heterocycles. The smallest absolute Gasteiger partial charge is 0.262 e. The zero-order chi connectivity index (χ0) is 23.3. The summed E-state index contributed by atoms with van der Waals surface area (Å²) < 4.78 is 5.70. The number of nitrogens with zero attached hydrogens (tertiary/aromatic N) is 4. The van der Waals surface area contributed by atoms with Gasteiger partial charge in [-0.1, -0.05) is 42.5 Å². The number of carbonyl (C=O) groups excluding carboxylic acids is 1. The number of likely N-dealkylation sites (N-methyl/N-ethyl adjacent to an activating group) is 1.